The molecule has 3 aromatic rings. The van der Waals surface area contributed by atoms with Crippen LogP contribution in [0.25, 0.3) is 11.5 Å². The van der Waals surface area contributed by atoms with Crippen molar-refractivity contribution < 1.29 is 36.6 Å². The summed E-state index contributed by atoms with van der Waals surface area (Å²) in [6, 6.07) is 12.7. The lowest BCUT2D eigenvalue weighted by atomic mass is 10.1. The minimum absolute atomic E-state index is 0.0347. The molecule has 0 unspecified atom stereocenters. The third-order valence-electron chi connectivity index (χ3n) is 4.32. The standard InChI is InChI=1S/C22H20F3NO5/c1-14-18(10-11-29-16-7-5-6-15(12-16)13-20(27)28-2)26-21(30-14)17-8-3-4-9-19(17)31-22(23,24)25/h3-9,12H,10-11,13H2,1-2H3. The molecule has 0 aliphatic heterocycles. The van der Waals surface area contributed by atoms with E-state index in [1.807, 2.05) is 0 Å². The van der Waals surface area contributed by atoms with Gasteiger partial charge in [-0.2, -0.15) is 0 Å². The molecule has 9 heteroatoms. The number of esters is 1. The van der Waals surface area contributed by atoms with Gasteiger partial charge < -0.3 is 18.6 Å². The first-order chi connectivity index (χ1) is 14.7. The molecule has 0 radical (unpaired) electrons. The first kappa shape index (κ1) is 22.2. The van der Waals surface area contributed by atoms with Crippen LogP contribution in [0.5, 0.6) is 11.5 Å². The Labute approximate surface area is 176 Å². The summed E-state index contributed by atoms with van der Waals surface area (Å²) in [5.74, 6) is 0.345. The Morgan fingerprint density at radius 2 is 1.90 bits per heavy atom. The van der Waals surface area contributed by atoms with E-state index in [2.05, 4.69) is 14.5 Å². The number of carbonyl (C=O) groups is 1. The van der Waals surface area contributed by atoms with Crippen molar-refractivity contribution in [3.63, 3.8) is 0 Å². The van der Waals surface area contributed by atoms with Gasteiger partial charge in [0.1, 0.15) is 17.3 Å². The number of aromatic nitrogens is 1. The second-order valence-corrected chi connectivity index (χ2v) is 6.56. The highest BCUT2D eigenvalue weighted by atomic mass is 19.4. The van der Waals surface area contributed by atoms with Crippen LogP contribution in [0.15, 0.2) is 52.9 Å². The van der Waals surface area contributed by atoms with Gasteiger partial charge in [-0.3, -0.25) is 4.79 Å². The molecule has 0 saturated carbocycles. The maximum Gasteiger partial charge on any atom is 0.573 e. The van der Waals surface area contributed by atoms with Crippen LogP contribution < -0.4 is 9.47 Å². The summed E-state index contributed by atoms with van der Waals surface area (Å²) in [6.45, 7) is 1.94. The van der Waals surface area contributed by atoms with E-state index in [9.17, 15) is 18.0 Å². The maximum absolute atomic E-state index is 12.7. The van der Waals surface area contributed by atoms with Gasteiger partial charge in [0, 0.05) is 6.42 Å². The van der Waals surface area contributed by atoms with Gasteiger partial charge in [-0.1, -0.05) is 24.3 Å². The van der Waals surface area contributed by atoms with Gasteiger partial charge in [0.15, 0.2) is 0 Å². The number of carbonyl (C=O) groups excluding carboxylic acids is 1. The molecule has 0 bridgehead atoms. The second kappa shape index (κ2) is 9.55. The Balaban J connectivity index is 1.67. The van der Waals surface area contributed by atoms with E-state index in [0.717, 1.165) is 5.56 Å². The van der Waals surface area contributed by atoms with Crippen molar-refractivity contribution in [3.8, 4) is 23.0 Å². The summed E-state index contributed by atoms with van der Waals surface area (Å²) in [5, 5.41) is 0. The van der Waals surface area contributed by atoms with Crippen molar-refractivity contribution in [2.24, 2.45) is 0 Å². The number of ether oxygens (including phenoxy) is 3. The van der Waals surface area contributed by atoms with Gasteiger partial charge in [0.2, 0.25) is 5.89 Å². The van der Waals surface area contributed by atoms with Gasteiger partial charge in [0.05, 0.1) is 31.4 Å². The minimum atomic E-state index is -4.82. The molecular formula is C22H20F3NO5. The lowest BCUT2D eigenvalue weighted by molar-refractivity contribution is -0.274. The highest BCUT2D eigenvalue weighted by Gasteiger charge is 2.32. The Morgan fingerprint density at radius 3 is 2.65 bits per heavy atom. The zero-order valence-electron chi connectivity index (χ0n) is 16.9. The van der Waals surface area contributed by atoms with Gasteiger partial charge in [-0.25, -0.2) is 4.98 Å². The van der Waals surface area contributed by atoms with Crippen molar-refractivity contribution in [2.45, 2.75) is 26.1 Å². The third kappa shape index (κ3) is 6.24. The monoisotopic (exact) mass is 435 g/mol. The average Bonchev–Trinajstić information content (AvgIpc) is 3.08. The van der Waals surface area contributed by atoms with E-state index in [1.54, 1.807) is 37.3 Å². The second-order valence-electron chi connectivity index (χ2n) is 6.56. The molecule has 1 heterocycles. The fraction of sp³-hybridized carbons (Fsp3) is 0.273. The summed E-state index contributed by atoms with van der Waals surface area (Å²) in [4.78, 5) is 15.7. The highest BCUT2D eigenvalue weighted by Crippen LogP contribution is 2.34. The zero-order valence-corrected chi connectivity index (χ0v) is 16.9. The molecule has 0 fully saturated rings. The van der Waals surface area contributed by atoms with E-state index in [-0.39, 0.29) is 36.2 Å². The molecule has 2 aromatic carbocycles. The van der Waals surface area contributed by atoms with Gasteiger partial charge >= 0.3 is 12.3 Å². The van der Waals surface area contributed by atoms with E-state index in [1.165, 1.54) is 25.3 Å². The smallest absolute Gasteiger partial charge is 0.493 e. The summed E-state index contributed by atoms with van der Waals surface area (Å²) >= 11 is 0. The Bertz CT molecular complexity index is 1050. The number of halogens is 3. The lowest BCUT2D eigenvalue weighted by Gasteiger charge is -2.11. The number of nitrogens with zero attached hydrogens (tertiary/aromatic N) is 1. The molecule has 0 N–H and O–H groups in total. The number of benzene rings is 2. The molecule has 1 aromatic heterocycles. The van der Waals surface area contributed by atoms with Crippen LogP contribution >= 0.6 is 0 Å². The van der Waals surface area contributed by atoms with Crippen molar-refractivity contribution in [1.29, 1.82) is 0 Å². The van der Waals surface area contributed by atoms with Crippen LogP contribution in [0, 0.1) is 6.92 Å². The van der Waals surface area contributed by atoms with Crippen molar-refractivity contribution in [1.82, 2.24) is 4.98 Å². The Hall–Kier alpha value is -3.49. The van der Waals surface area contributed by atoms with Crippen molar-refractivity contribution >= 4 is 5.97 Å². The molecule has 31 heavy (non-hydrogen) atoms. The maximum atomic E-state index is 12.7. The summed E-state index contributed by atoms with van der Waals surface area (Å²) in [6.07, 6.45) is -4.31. The minimum Gasteiger partial charge on any atom is -0.493 e. The van der Waals surface area contributed by atoms with Crippen LogP contribution in [0.4, 0.5) is 13.2 Å². The first-order valence-corrected chi connectivity index (χ1v) is 9.35. The molecule has 0 saturated heterocycles. The summed E-state index contributed by atoms with van der Waals surface area (Å²) in [7, 11) is 1.32. The number of methoxy groups -OCH3 is 1. The number of rotatable bonds is 8. The molecule has 0 amide bonds. The fourth-order valence-corrected chi connectivity index (χ4v) is 2.88. The zero-order chi connectivity index (χ0) is 22.4. The molecule has 0 spiro atoms. The van der Waals surface area contributed by atoms with E-state index >= 15 is 0 Å². The average molecular weight is 435 g/mol. The quantitative estimate of drug-likeness (QED) is 0.470. The number of hydrogen-bond donors (Lipinski definition) is 0. The van der Waals surface area contributed by atoms with Gasteiger partial charge in [-0.05, 0) is 36.8 Å². The first-order valence-electron chi connectivity index (χ1n) is 9.35. The van der Waals surface area contributed by atoms with Gasteiger partial charge in [-0.15, -0.1) is 13.2 Å². The van der Waals surface area contributed by atoms with Crippen molar-refractivity contribution in [2.75, 3.05) is 13.7 Å². The lowest BCUT2D eigenvalue weighted by Crippen LogP contribution is -2.17. The molecule has 164 valence electrons. The summed E-state index contributed by atoms with van der Waals surface area (Å²) in [5.41, 5.74) is 1.42. The topological polar surface area (TPSA) is 70.8 Å². The number of aryl methyl sites for hydroxylation is 1. The number of hydrogen-bond acceptors (Lipinski definition) is 6. The van der Waals surface area contributed by atoms with Crippen molar-refractivity contribution in [3.05, 3.63) is 65.5 Å². The summed E-state index contributed by atoms with van der Waals surface area (Å²) < 4.78 is 58.0. The van der Waals surface area contributed by atoms with E-state index in [0.29, 0.717) is 23.6 Å². The number of alkyl halides is 3. The van der Waals surface area contributed by atoms with Crippen LogP contribution in [-0.2, 0) is 22.4 Å². The van der Waals surface area contributed by atoms with E-state index < -0.39 is 6.36 Å². The molecule has 0 aliphatic carbocycles. The third-order valence-corrected chi connectivity index (χ3v) is 4.32. The highest BCUT2D eigenvalue weighted by molar-refractivity contribution is 5.72. The molecular weight excluding hydrogens is 415 g/mol. The molecule has 0 aliphatic rings. The number of para-hydroxylation sites is 1. The Morgan fingerprint density at radius 1 is 1.13 bits per heavy atom. The Kier molecular flexibility index (Phi) is 6.84. The van der Waals surface area contributed by atoms with Crippen LogP contribution in [0.1, 0.15) is 17.0 Å². The van der Waals surface area contributed by atoms with Crippen LogP contribution in [0.2, 0.25) is 0 Å². The fourth-order valence-electron chi connectivity index (χ4n) is 2.88. The largest absolute Gasteiger partial charge is 0.573 e. The SMILES string of the molecule is COC(=O)Cc1cccc(OCCc2nc(-c3ccccc3OC(F)(F)F)oc2C)c1. The molecule has 6 nitrogen and oxygen atoms in total. The predicted octanol–water partition coefficient (Wildman–Crippen LogP) is 4.89. The molecule has 3 rings (SSSR count). The predicted molar refractivity (Wildman–Crippen MR) is 105 cm³/mol. The van der Waals surface area contributed by atoms with Crippen LogP contribution in [0.3, 0.4) is 0 Å². The molecule has 0 atom stereocenters. The van der Waals surface area contributed by atoms with Gasteiger partial charge in [0.25, 0.3) is 0 Å². The number of oxazole rings is 1. The normalized spacial score (nSPS) is 11.3. The van der Waals surface area contributed by atoms with Crippen LogP contribution in [-0.4, -0.2) is 31.0 Å². The van der Waals surface area contributed by atoms with E-state index in [4.69, 9.17) is 9.15 Å².